The summed E-state index contributed by atoms with van der Waals surface area (Å²) in [6.07, 6.45) is 1.47. The van der Waals surface area contributed by atoms with Crippen LogP contribution in [0.4, 0.5) is 0 Å². The summed E-state index contributed by atoms with van der Waals surface area (Å²) in [4.78, 5) is 3.94. The van der Waals surface area contributed by atoms with Crippen LogP contribution < -0.4 is 10.5 Å². The Bertz CT molecular complexity index is 632. The molecule has 1 aromatic heterocycles. The number of nitrogens with two attached hydrogens (primary N) is 1. The monoisotopic (exact) mass is 297 g/mol. The third-order valence-corrected chi connectivity index (χ3v) is 3.05. The van der Waals surface area contributed by atoms with Crippen LogP contribution in [-0.2, 0) is 0 Å². The second-order valence-electron chi connectivity index (χ2n) is 3.52. The van der Waals surface area contributed by atoms with Gasteiger partial charge in [-0.15, -0.1) is 0 Å². The molecule has 0 unspecified atom stereocenters. The minimum absolute atomic E-state index is 0.109. The maximum atomic E-state index is 8.59. The summed E-state index contributed by atoms with van der Waals surface area (Å²) in [6.45, 7) is 0. The molecule has 1 heterocycles. The van der Waals surface area contributed by atoms with E-state index in [2.05, 4.69) is 10.1 Å². The van der Waals surface area contributed by atoms with Crippen molar-refractivity contribution >= 4 is 29.0 Å². The van der Waals surface area contributed by atoms with Gasteiger partial charge in [0.1, 0.15) is 22.2 Å². The maximum absolute atomic E-state index is 8.59. The van der Waals surface area contributed by atoms with Crippen LogP contribution in [-0.4, -0.2) is 16.0 Å². The first-order valence-corrected chi connectivity index (χ1v) is 5.93. The van der Waals surface area contributed by atoms with Crippen LogP contribution in [0.5, 0.6) is 11.5 Å². The van der Waals surface area contributed by atoms with E-state index in [1.165, 1.54) is 12.3 Å². The van der Waals surface area contributed by atoms with Gasteiger partial charge in [-0.1, -0.05) is 34.4 Å². The van der Waals surface area contributed by atoms with Gasteiger partial charge in [-0.05, 0) is 18.2 Å². The minimum Gasteiger partial charge on any atom is -0.456 e. The third-order valence-electron chi connectivity index (χ3n) is 2.25. The summed E-state index contributed by atoms with van der Waals surface area (Å²) in [5, 5.41) is 12.2. The molecule has 19 heavy (non-hydrogen) atoms. The van der Waals surface area contributed by atoms with E-state index < -0.39 is 0 Å². The molecule has 5 nitrogen and oxygen atoms in total. The van der Waals surface area contributed by atoms with E-state index in [0.29, 0.717) is 21.5 Å². The number of hydrogen-bond acceptors (Lipinski definition) is 4. The van der Waals surface area contributed by atoms with Crippen molar-refractivity contribution in [1.29, 1.82) is 0 Å². The van der Waals surface area contributed by atoms with Crippen molar-refractivity contribution in [2.24, 2.45) is 10.9 Å². The Morgan fingerprint density at radius 2 is 2.11 bits per heavy atom. The summed E-state index contributed by atoms with van der Waals surface area (Å²) >= 11 is 11.9. The van der Waals surface area contributed by atoms with Crippen molar-refractivity contribution in [2.45, 2.75) is 0 Å². The summed E-state index contributed by atoms with van der Waals surface area (Å²) in [5.41, 5.74) is 5.74. The van der Waals surface area contributed by atoms with E-state index in [4.69, 9.17) is 38.9 Å². The average molecular weight is 298 g/mol. The first-order valence-electron chi connectivity index (χ1n) is 5.17. The van der Waals surface area contributed by atoms with Crippen LogP contribution >= 0.6 is 23.2 Å². The van der Waals surface area contributed by atoms with Gasteiger partial charge in [0.2, 0.25) is 0 Å². The topological polar surface area (TPSA) is 80.7 Å². The molecule has 0 amide bonds. The molecule has 0 spiro atoms. The van der Waals surface area contributed by atoms with Crippen LogP contribution in [0.15, 0.2) is 41.7 Å². The van der Waals surface area contributed by atoms with Gasteiger partial charge in [0.25, 0.3) is 0 Å². The van der Waals surface area contributed by atoms with Gasteiger partial charge in [-0.3, -0.25) is 4.98 Å². The third kappa shape index (κ3) is 3.07. The molecular formula is C12H9Cl2N3O2. The fourth-order valence-electron chi connectivity index (χ4n) is 1.36. The first kappa shape index (κ1) is 13.5. The molecule has 0 aliphatic carbocycles. The zero-order valence-corrected chi connectivity index (χ0v) is 11.1. The maximum Gasteiger partial charge on any atom is 0.188 e. The molecule has 0 fully saturated rings. The number of halogens is 2. The molecule has 2 rings (SSSR count). The van der Waals surface area contributed by atoms with Gasteiger partial charge < -0.3 is 15.7 Å². The lowest BCUT2D eigenvalue weighted by molar-refractivity contribution is 0.318. The molecule has 3 N–H and O–H groups in total. The van der Waals surface area contributed by atoms with Crippen LogP contribution in [0.25, 0.3) is 0 Å². The van der Waals surface area contributed by atoms with Gasteiger partial charge in [0.05, 0.1) is 5.02 Å². The molecule has 0 bridgehead atoms. The number of pyridine rings is 1. The Balaban J connectivity index is 2.31. The van der Waals surface area contributed by atoms with Gasteiger partial charge in [-0.2, -0.15) is 0 Å². The smallest absolute Gasteiger partial charge is 0.188 e. The average Bonchev–Trinajstić information content (AvgIpc) is 2.43. The van der Waals surface area contributed by atoms with Gasteiger partial charge >= 0.3 is 0 Å². The number of amidine groups is 1. The van der Waals surface area contributed by atoms with E-state index in [1.54, 1.807) is 24.3 Å². The van der Waals surface area contributed by atoms with Crippen LogP contribution in [0.2, 0.25) is 10.0 Å². The summed E-state index contributed by atoms with van der Waals surface area (Å²) < 4.78 is 5.58. The van der Waals surface area contributed by atoms with E-state index in [1.807, 2.05) is 0 Å². The summed E-state index contributed by atoms with van der Waals surface area (Å²) in [6, 6.07) is 8.19. The van der Waals surface area contributed by atoms with E-state index in [-0.39, 0.29) is 11.5 Å². The molecule has 2 aromatic rings. The molecular weight excluding hydrogens is 289 g/mol. The number of rotatable bonds is 3. The Labute approximate surface area is 119 Å². The number of oxime groups is 1. The highest BCUT2D eigenvalue weighted by molar-refractivity contribution is 6.42. The van der Waals surface area contributed by atoms with Crippen molar-refractivity contribution in [3.05, 3.63) is 52.3 Å². The lowest BCUT2D eigenvalue weighted by Gasteiger charge is -2.09. The van der Waals surface area contributed by atoms with Crippen LogP contribution in [0.1, 0.15) is 5.69 Å². The number of nitrogens with zero attached hydrogens (tertiary/aromatic N) is 2. The largest absolute Gasteiger partial charge is 0.456 e. The number of aromatic nitrogens is 1. The fourth-order valence-corrected chi connectivity index (χ4v) is 1.69. The minimum atomic E-state index is -0.109. The second kappa shape index (κ2) is 5.77. The second-order valence-corrected chi connectivity index (χ2v) is 4.30. The van der Waals surface area contributed by atoms with E-state index >= 15 is 0 Å². The van der Waals surface area contributed by atoms with Crippen molar-refractivity contribution in [3.8, 4) is 11.5 Å². The van der Waals surface area contributed by atoms with Crippen molar-refractivity contribution in [3.63, 3.8) is 0 Å². The Hall–Kier alpha value is -1.98. The number of benzene rings is 1. The lowest BCUT2D eigenvalue weighted by atomic mass is 10.3. The van der Waals surface area contributed by atoms with Crippen LogP contribution in [0.3, 0.4) is 0 Å². The highest BCUT2D eigenvalue weighted by Crippen LogP contribution is 2.34. The summed E-state index contributed by atoms with van der Waals surface area (Å²) in [7, 11) is 0. The Morgan fingerprint density at radius 1 is 1.32 bits per heavy atom. The zero-order valence-electron chi connectivity index (χ0n) is 9.55. The SMILES string of the molecule is N/C(=N/O)c1cc(Oc2cccc(Cl)c2Cl)ccn1. The molecule has 7 heteroatoms. The molecule has 0 atom stereocenters. The molecule has 0 radical (unpaired) electrons. The number of hydrogen-bond donors (Lipinski definition) is 2. The van der Waals surface area contributed by atoms with Crippen LogP contribution in [0, 0.1) is 0 Å². The predicted molar refractivity (Wildman–Crippen MR) is 73.3 cm³/mol. The van der Waals surface area contributed by atoms with Gasteiger partial charge in [0.15, 0.2) is 5.84 Å². The number of ether oxygens (including phenoxy) is 1. The first-order chi connectivity index (χ1) is 9.11. The standard InChI is InChI=1S/C12H9Cl2N3O2/c13-8-2-1-3-10(11(8)14)19-7-4-5-16-9(6-7)12(15)17-18/h1-6,18H,(H2,15,17). The van der Waals surface area contributed by atoms with E-state index in [9.17, 15) is 0 Å². The lowest BCUT2D eigenvalue weighted by Crippen LogP contribution is -2.14. The Kier molecular flexibility index (Phi) is 4.09. The Morgan fingerprint density at radius 3 is 2.84 bits per heavy atom. The normalized spacial score (nSPS) is 11.4. The van der Waals surface area contributed by atoms with Crippen molar-refractivity contribution in [2.75, 3.05) is 0 Å². The quantitative estimate of drug-likeness (QED) is 0.394. The molecule has 0 saturated carbocycles. The molecule has 1 aromatic carbocycles. The molecule has 0 saturated heterocycles. The van der Waals surface area contributed by atoms with Crippen molar-refractivity contribution in [1.82, 2.24) is 4.98 Å². The predicted octanol–water partition coefficient (Wildman–Crippen LogP) is 3.28. The molecule has 0 aliphatic heterocycles. The van der Waals surface area contributed by atoms with E-state index in [0.717, 1.165) is 0 Å². The molecule has 0 aliphatic rings. The van der Waals surface area contributed by atoms with Gasteiger partial charge in [-0.25, -0.2) is 0 Å². The summed E-state index contributed by atoms with van der Waals surface area (Å²) in [5.74, 6) is 0.745. The highest BCUT2D eigenvalue weighted by Gasteiger charge is 2.08. The molecule has 98 valence electrons. The van der Waals surface area contributed by atoms with Crippen molar-refractivity contribution < 1.29 is 9.94 Å². The highest BCUT2D eigenvalue weighted by atomic mass is 35.5. The van der Waals surface area contributed by atoms with Gasteiger partial charge in [0, 0.05) is 12.3 Å². The fraction of sp³-hybridized carbons (Fsp3) is 0. The zero-order chi connectivity index (χ0) is 13.8.